The molecule has 0 spiro atoms. The van der Waals surface area contributed by atoms with Crippen molar-refractivity contribution in [2.24, 2.45) is 0 Å². The van der Waals surface area contributed by atoms with Gasteiger partial charge in [0.05, 0.1) is 5.56 Å². The molecule has 3 rings (SSSR count). The van der Waals surface area contributed by atoms with Gasteiger partial charge in [0.15, 0.2) is 12.4 Å². The summed E-state index contributed by atoms with van der Waals surface area (Å²) < 4.78 is 5.64. The summed E-state index contributed by atoms with van der Waals surface area (Å²) in [5, 5.41) is 2.82. The first kappa shape index (κ1) is 16.2. The first-order valence-corrected chi connectivity index (χ1v) is 8.16. The lowest BCUT2D eigenvalue weighted by Crippen LogP contribution is -2.28. The van der Waals surface area contributed by atoms with Crippen LogP contribution in [0.4, 0.5) is 0 Å². The van der Waals surface area contributed by atoms with E-state index in [0.717, 1.165) is 16.7 Å². The van der Waals surface area contributed by atoms with Crippen molar-refractivity contribution in [1.29, 1.82) is 0 Å². The highest BCUT2D eigenvalue weighted by atomic mass is 16.5. The fourth-order valence-electron chi connectivity index (χ4n) is 3.22. The van der Waals surface area contributed by atoms with Crippen LogP contribution in [0.15, 0.2) is 42.5 Å². The van der Waals surface area contributed by atoms with Crippen molar-refractivity contribution in [3.05, 3.63) is 64.7 Å². The molecule has 1 N–H and O–H groups in total. The van der Waals surface area contributed by atoms with Gasteiger partial charge in [-0.1, -0.05) is 43.3 Å². The normalized spacial score (nSPS) is 15.9. The predicted octanol–water partition coefficient (Wildman–Crippen LogP) is 3.38. The number of ether oxygens (including phenoxy) is 1. The third-order valence-corrected chi connectivity index (χ3v) is 4.38. The number of rotatable bonds is 5. The van der Waals surface area contributed by atoms with Crippen LogP contribution in [-0.4, -0.2) is 18.3 Å². The number of ketones is 1. The maximum absolute atomic E-state index is 12.2. The molecule has 1 amide bonds. The fourth-order valence-corrected chi connectivity index (χ4v) is 3.22. The minimum Gasteiger partial charge on any atom is -0.483 e. The number of hydrogen-bond acceptors (Lipinski definition) is 3. The van der Waals surface area contributed by atoms with Crippen molar-refractivity contribution in [3.8, 4) is 5.75 Å². The van der Waals surface area contributed by atoms with Crippen LogP contribution >= 0.6 is 0 Å². The number of nitrogens with one attached hydrogen (secondary N) is 1. The summed E-state index contributed by atoms with van der Waals surface area (Å²) in [7, 11) is 0. The summed E-state index contributed by atoms with van der Waals surface area (Å²) >= 11 is 0. The van der Waals surface area contributed by atoms with E-state index >= 15 is 0 Å². The number of hydrogen-bond donors (Lipinski definition) is 1. The van der Waals surface area contributed by atoms with Crippen molar-refractivity contribution in [1.82, 2.24) is 5.32 Å². The molecule has 1 unspecified atom stereocenters. The molecule has 24 heavy (non-hydrogen) atoms. The van der Waals surface area contributed by atoms with Crippen LogP contribution in [0.2, 0.25) is 0 Å². The van der Waals surface area contributed by atoms with Crippen molar-refractivity contribution in [2.45, 2.75) is 32.7 Å². The van der Waals surface area contributed by atoms with Gasteiger partial charge < -0.3 is 10.1 Å². The molecule has 0 aliphatic heterocycles. The SMILES string of the molecule is Cc1ccc(OCC(=O)NCc2ccccc2)c2c1C(C)CC2=O. The molecule has 0 saturated carbocycles. The van der Waals surface area contributed by atoms with Gasteiger partial charge in [0, 0.05) is 13.0 Å². The maximum Gasteiger partial charge on any atom is 0.258 e. The number of carbonyl (C=O) groups excluding carboxylic acids is 2. The minimum atomic E-state index is -0.202. The van der Waals surface area contributed by atoms with E-state index in [-0.39, 0.29) is 24.2 Å². The Hall–Kier alpha value is -2.62. The Bertz CT molecular complexity index is 768. The van der Waals surface area contributed by atoms with Crippen LogP contribution < -0.4 is 10.1 Å². The molecule has 4 nitrogen and oxygen atoms in total. The molecule has 2 aromatic carbocycles. The predicted molar refractivity (Wildman–Crippen MR) is 92.3 cm³/mol. The Balaban J connectivity index is 1.63. The number of aryl methyl sites for hydroxylation is 1. The van der Waals surface area contributed by atoms with Crippen molar-refractivity contribution >= 4 is 11.7 Å². The summed E-state index contributed by atoms with van der Waals surface area (Å²) in [5.41, 5.74) is 3.84. The van der Waals surface area contributed by atoms with Crippen molar-refractivity contribution < 1.29 is 14.3 Å². The van der Waals surface area contributed by atoms with Crippen LogP contribution in [0.1, 0.15) is 46.3 Å². The van der Waals surface area contributed by atoms with E-state index in [9.17, 15) is 9.59 Å². The quantitative estimate of drug-likeness (QED) is 0.918. The zero-order chi connectivity index (χ0) is 17.1. The summed E-state index contributed by atoms with van der Waals surface area (Å²) in [6.45, 7) is 4.42. The van der Waals surface area contributed by atoms with Crippen molar-refractivity contribution in [3.63, 3.8) is 0 Å². The lowest BCUT2D eigenvalue weighted by molar-refractivity contribution is -0.123. The summed E-state index contributed by atoms with van der Waals surface area (Å²) in [6, 6.07) is 13.4. The number of amides is 1. The standard InChI is InChI=1S/C20H21NO3/c1-13-8-9-17(20-16(22)10-14(2)19(13)20)24-12-18(23)21-11-15-6-4-3-5-7-15/h3-9,14H,10-12H2,1-2H3,(H,21,23). The molecule has 124 valence electrons. The highest BCUT2D eigenvalue weighted by Crippen LogP contribution is 2.40. The molecule has 0 bridgehead atoms. The van der Waals surface area contributed by atoms with Gasteiger partial charge >= 0.3 is 0 Å². The third-order valence-electron chi connectivity index (χ3n) is 4.38. The van der Waals surface area contributed by atoms with E-state index in [1.54, 1.807) is 6.07 Å². The molecule has 1 aliphatic carbocycles. The van der Waals surface area contributed by atoms with Crippen LogP contribution in [0, 0.1) is 6.92 Å². The van der Waals surface area contributed by atoms with Gasteiger partial charge in [0.1, 0.15) is 5.75 Å². The monoisotopic (exact) mass is 323 g/mol. The molecule has 2 aromatic rings. The van der Waals surface area contributed by atoms with Gasteiger partial charge in [-0.05, 0) is 35.6 Å². The Morgan fingerprint density at radius 1 is 1.21 bits per heavy atom. The molecule has 0 aromatic heterocycles. The van der Waals surface area contributed by atoms with Gasteiger partial charge in [0.25, 0.3) is 5.91 Å². The van der Waals surface area contributed by atoms with Crippen LogP contribution in [0.3, 0.4) is 0 Å². The number of carbonyl (C=O) groups is 2. The zero-order valence-electron chi connectivity index (χ0n) is 14.0. The van der Waals surface area contributed by atoms with E-state index in [1.165, 1.54) is 0 Å². The molecule has 4 heteroatoms. The van der Waals surface area contributed by atoms with Crippen molar-refractivity contribution in [2.75, 3.05) is 6.61 Å². The number of benzene rings is 2. The van der Waals surface area contributed by atoms with E-state index in [1.807, 2.05) is 50.2 Å². The molecule has 0 fully saturated rings. The molecule has 1 atom stereocenters. The highest BCUT2D eigenvalue weighted by molar-refractivity contribution is 6.04. The second-order valence-electron chi connectivity index (χ2n) is 6.25. The maximum atomic E-state index is 12.2. The fraction of sp³-hybridized carbons (Fsp3) is 0.300. The minimum absolute atomic E-state index is 0.0933. The Kier molecular flexibility index (Phi) is 4.65. The van der Waals surface area contributed by atoms with E-state index in [0.29, 0.717) is 24.3 Å². The van der Waals surface area contributed by atoms with Gasteiger partial charge in [-0.2, -0.15) is 0 Å². The third kappa shape index (κ3) is 3.32. The molecule has 0 saturated heterocycles. The van der Waals surface area contributed by atoms with E-state index in [2.05, 4.69) is 5.32 Å². The molecular formula is C20H21NO3. The van der Waals surface area contributed by atoms with Crippen LogP contribution in [0.25, 0.3) is 0 Å². The van der Waals surface area contributed by atoms with Crippen LogP contribution in [0.5, 0.6) is 5.75 Å². The van der Waals surface area contributed by atoms with E-state index in [4.69, 9.17) is 4.74 Å². The second kappa shape index (κ2) is 6.87. The first-order valence-electron chi connectivity index (χ1n) is 8.16. The lowest BCUT2D eigenvalue weighted by atomic mass is 9.97. The highest BCUT2D eigenvalue weighted by Gasteiger charge is 2.31. The Morgan fingerprint density at radius 3 is 2.71 bits per heavy atom. The van der Waals surface area contributed by atoms with Gasteiger partial charge in [-0.25, -0.2) is 0 Å². The first-order chi connectivity index (χ1) is 11.6. The molecular weight excluding hydrogens is 302 g/mol. The summed E-state index contributed by atoms with van der Waals surface area (Å²) in [5.74, 6) is 0.621. The molecule has 0 heterocycles. The summed E-state index contributed by atoms with van der Waals surface area (Å²) in [4.78, 5) is 24.2. The zero-order valence-corrected chi connectivity index (χ0v) is 14.0. The molecule has 1 aliphatic rings. The average molecular weight is 323 g/mol. The Labute approximate surface area is 141 Å². The smallest absolute Gasteiger partial charge is 0.258 e. The topological polar surface area (TPSA) is 55.4 Å². The van der Waals surface area contributed by atoms with Crippen LogP contribution in [-0.2, 0) is 11.3 Å². The number of fused-ring (bicyclic) bond motifs is 1. The van der Waals surface area contributed by atoms with Gasteiger partial charge in [0.2, 0.25) is 0 Å². The molecule has 0 radical (unpaired) electrons. The van der Waals surface area contributed by atoms with Gasteiger partial charge in [-0.3, -0.25) is 9.59 Å². The summed E-state index contributed by atoms with van der Waals surface area (Å²) in [6.07, 6.45) is 0.511. The largest absolute Gasteiger partial charge is 0.483 e. The van der Waals surface area contributed by atoms with Gasteiger partial charge in [-0.15, -0.1) is 0 Å². The lowest BCUT2D eigenvalue weighted by Gasteiger charge is -2.13. The second-order valence-corrected chi connectivity index (χ2v) is 6.25. The Morgan fingerprint density at radius 2 is 1.96 bits per heavy atom. The van der Waals surface area contributed by atoms with E-state index < -0.39 is 0 Å². The number of Topliss-reactive ketones (excluding diaryl/α,β-unsaturated/α-hetero) is 1. The average Bonchev–Trinajstić information content (AvgIpc) is 2.89.